The molecule has 4 nitrogen and oxygen atoms in total. The molecule has 0 aromatic rings. The number of hydrogen-bond acceptors (Lipinski definition) is 2. The van der Waals surface area contributed by atoms with Crippen molar-refractivity contribution < 1.29 is 4.79 Å². The molecule has 0 heterocycles. The van der Waals surface area contributed by atoms with Crippen LogP contribution in [0.2, 0.25) is 0 Å². The van der Waals surface area contributed by atoms with Crippen LogP contribution in [0.4, 0.5) is 0 Å². The summed E-state index contributed by atoms with van der Waals surface area (Å²) in [5, 5.41) is 4.02. The first-order chi connectivity index (χ1) is 11.0. The number of nitrogens with zero attached hydrogens (tertiary/aromatic N) is 3. The average molecular weight is 315 g/mol. The number of carbonyl (C=O) groups is 1. The zero-order valence-electron chi connectivity index (χ0n) is 14.5. The Morgan fingerprint density at radius 2 is 1.91 bits per heavy atom. The molecular weight excluding hydrogens is 286 g/mol. The van der Waals surface area contributed by atoms with Crippen LogP contribution in [0.5, 0.6) is 0 Å². The van der Waals surface area contributed by atoms with Crippen LogP contribution in [0.1, 0.15) is 71.6 Å². The van der Waals surface area contributed by atoms with Gasteiger partial charge in [0.2, 0.25) is 0 Å². The second-order valence-electron chi connectivity index (χ2n) is 9.21. The summed E-state index contributed by atoms with van der Waals surface area (Å²) >= 11 is 0. The molecule has 4 aliphatic carbocycles. The maximum absolute atomic E-state index is 12.4. The second-order valence-corrected chi connectivity index (χ2v) is 9.21. The van der Waals surface area contributed by atoms with Crippen molar-refractivity contribution >= 4 is 5.78 Å². The Bertz CT molecular complexity index is 569. The lowest BCUT2D eigenvalue weighted by Crippen LogP contribution is -2.53. The summed E-state index contributed by atoms with van der Waals surface area (Å²) in [4.78, 5) is 15.5. The van der Waals surface area contributed by atoms with Crippen molar-refractivity contribution in [2.45, 2.75) is 77.7 Å². The van der Waals surface area contributed by atoms with Crippen molar-refractivity contribution in [3.63, 3.8) is 0 Å². The predicted molar refractivity (Wildman–Crippen MR) is 89.7 cm³/mol. The SMILES string of the molecule is C[C@]12CC[C@@H](N=[N+]=[N-])C[C@@H]1CC[C@H]1[C@H]2CC[C@]2(C)C(=O)CC[C@@H]12. The molecule has 4 aliphatic rings. The minimum atomic E-state index is -0.00727. The van der Waals surface area contributed by atoms with E-state index in [2.05, 4.69) is 23.9 Å². The topological polar surface area (TPSA) is 65.8 Å². The zero-order valence-corrected chi connectivity index (χ0v) is 14.5. The van der Waals surface area contributed by atoms with Crippen LogP contribution < -0.4 is 0 Å². The van der Waals surface area contributed by atoms with E-state index in [1.807, 2.05) is 0 Å². The first kappa shape index (κ1) is 15.5. The van der Waals surface area contributed by atoms with Gasteiger partial charge in [0.15, 0.2) is 0 Å². The van der Waals surface area contributed by atoms with Crippen molar-refractivity contribution in [2.24, 2.45) is 39.6 Å². The van der Waals surface area contributed by atoms with E-state index in [4.69, 9.17) is 5.53 Å². The van der Waals surface area contributed by atoms with Gasteiger partial charge >= 0.3 is 0 Å². The van der Waals surface area contributed by atoms with Crippen molar-refractivity contribution in [1.82, 2.24) is 0 Å². The van der Waals surface area contributed by atoms with E-state index in [1.165, 1.54) is 25.7 Å². The van der Waals surface area contributed by atoms with Gasteiger partial charge in [-0.05, 0) is 86.0 Å². The molecule has 7 atom stereocenters. The van der Waals surface area contributed by atoms with E-state index < -0.39 is 0 Å². The molecular formula is C19H29N3O. The van der Waals surface area contributed by atoms with E-state index >= 15 is 0 Å². The standard InChI is InChI=1S/C19H29N3O/c1-18-9-7-13(21-22-20)11-12(18)3-4-14-15-5-6-17(23)19(15,2)10-8-16(14)18/h12-16H,3-11H2,1-2H3/t12-,13+,14+,15-,16+,18-,19-/m0/s1. The van der Waals surface area contributed by atoms with Gasteiger partial charge < -0.3 is 0 Å². The molecule has 0 N–H and O–H groups in total. The summed E-state index contributed by atoms with van der Waals surface area (Å²) in [6.07, 6.45) is 10.2. The van der Waals surface area contributed by atoms with Gasteiger partial charge in [-0.15, -0.1) is 0 Å². The van der Waals surface area contributed by atoms with Crippen LogP contribution in [0.15, 0.2) is 5.11 Å². The largest absolute Gasteiger partial charge is 0.299 e. The Hall–Kier alpha value is -1.02. The number of rotatable bonds is 1. The molecule has 0 amide bonds. The third kappa shape index (κ3) is 2.10. The highest BCUT2D eigenvalue weighted by molar-refractivity contribution is 5.87. The second kappa shape index (κ2) is 5.24. The van der Waals surface area contributed by atoms with E-state index in [1.54, 1.807) is 0 Å². The van der Waals surface area contributed by atoms with Gasteiger partial charge in [-0.3, -0.25) is 4.79 Å². The summed E-state index contributed by atoms with van der Waals surface area (Å²) in [7, 11) is 0. The normalized spacial score (nSPS) is 52.1. The molecule has 0 aromatic heterocycles. The highest BCUT2D eigenvalue weighted by Crippen LogP contribution is 2.65. The van der Waals surface area contributed by atoms with E-state index in [0.29, 0.717) is 17.1 Å². The fourth-order valence-electron chi connectivity index (χ4n) is 7.18. The predicted octanol–water partition coefficient (Wildman–Crippen LogP) is 5.28. The Morgan fingerprint density at radius 1 is 1.09 bits per heavy atom. The summed E-state index contributed by atoms with van der Waals surface area (Å²) in [5.74, 6) is 3.45. The summed E-state index contributed by atoms with van der Waals surface area (Å²) in [6, 6.07) is 0.219. The lowest BCUT2D eigenvalue weighted by atomic mass is 9.45. The minimum Gasteiger partial charge on any atom is -0.299 e. The highest BCUT2D eigenvalue weighted by atomic mass is 16.1. The fourth-order valence-corrected chi connectivity index (χ4v) is 7.18. The van der Waals surface area contributed by atoms with Crippen molar-refractivity contribution in [3.05, 3.63) is 10.4 Å². The minimum absolute atomic E-state index is 0.00727. The van der Waals surface area contributed by atoms with Gasteiger partial charge in [0.25, 0.3) is 0 Å². The van der Waals surface area contributed by atoms with Gasteiger partial charge in [0.1, 0.15) is 5.78 Å². The van der Waals surface area contributed by atoms with Crippen LogP contribution >= 0.6 is 0 Å². The average Bonchev–Trinajstić information content (AvgIpc) is 2.84. The molecule has 0 spiro atoms. The molecule has 0 aromatic carbocycles. The molecule has 4 saturated carbocycles. The zero-order chi connectivity index (χ0) is 16.2. The first-order valence-electron chi connectivity index (χ1n) is 9.56. The van der Waals surface area contributed by atoms with Crippen molar-refractivity contribution in [1.29, 1.82) is 0 Å². The molecule has 0 aliphatic heterocycles. The highest BCUT2D eigenvalue weighted by Gasteiger charge is 2.60. The van der Waals surface area contributed by atoms with Gasteiger partial charge in [-0.25, -0.2) is 0 Å². The summed E-state index contributed by atoms with van der Waals surface area (Å²) < 4.78 is 0. The molecule has 0 radical (unpaired) electrons. The monoisotopic (exact) mass is 315 g/mol. The molecule has 126 valence electrons. The fraction of sp³-hybridized carbons (Fsp3) is 0.947. The Balaban J connectivity index is 1.59. The smallest absolute Gasteiger partial charge is 0.139 e. The van der Waals surface area contributed by atoms with Gasteiger partial charge in [0.05, 0.1) is 0 Å². The van der Waals surface area contributed by atoms with Crippen LogP contribution in [0.25, 0.3) is 10.4 Å². The van der Waals surface area contributed by atoms with Crippen LogP contribution in [-0.4, -0.2) is 11.8 Å². The van der Waals surface area contributed by atoms with E-state index in [-0.39, 0.29) is 11.5 Å². The Morgan fingerprint density at radius 3 is 2.70 bits per heavy atom. The van der Waals surface area contributed by atoms with Crippen molar-refractivity contribution in [3.8, 4) is 0 Å². The Kier molecular flexibility index (Phi) is 3.53. The molecule has 4 heteroatoms. The number of carbonyl (C=O) groups excluding carboxylic acids is 1. The van der Waals surface area contributed by atoms with Crippen LogP contribution in [0, 0.1) is 34.5 Å². The molecule has 0 bridgehead atoms. The third-order valence-corrected chi connectivity index (χ3v) is 8.56. The Labute approximate surface area is 139 Å². The maximum Gasteiger partial charge on any atom is 0.139 e. The van der Waals surface area contributed by atoms with E-state index in [0.717, 1.165) is 49.9 Å². The number of ketones is 1. The van der Waals surface area contributed by atoms with Gasteiger partial charge in [0, 0.05) is 22.8 Å². The number of azide groups is 1. The first-order valence-corrected chi connectivity index (χ1v) is 9.56. The molecule has 0 saturated heterocycles. The molecule has 0 unspecified atom stereocenters. The maximum atomic E-state index is 12.4. The third-order valence-electron chi connectivity index (χ3n) is 8.56. The molecule has 4 rings (SSSR count). The van der Waals surface area contributed by atoms with E-state index in [9.17, 15) is 4.79 Å². The number of Topliss-reactive ketones (excluding diaryl/α,β-unsaturated/α-hetero) is 1. The quantitative estimate of drug-likeness (QED) is 0.369. The lowest BCUT2D eigenvalue weighted by Gasteiger charge is -2.60. The van der Waals surface area contributed by atoms with Crippen LogP contribution in [-0.2, 0) is 4.79 Å². The summed E-state index contributed by atoms with van der Waals surface area (Å²) in [6.45, 7) is 4.77. The lowest BCUT2D eigenvalue weighted by molar-refractivity contribution is -0.139. The number of fused-ring (bicyclic) bond motifs is 5. The van der Waals surface area contributed by atoms with Crippen LogP contribution in [0.3, 0.4) is 0 Å². The van der Waals surface area contributed by atoms with Gasteiger partial charge in [-0.2, -0.15) is 0 Å². The summed E-state index contributed by atoms with van der Waals surface area (Å²) in [5.41, 5.74) is 9.16. The molecule has 4 fully saturated rings. The number of hydrogen-bond donors (Lipinski definition) is 0. The molecule has 23 heavy (non-hydrogen) atoms. The van der Waals surface area contributed by atoms with Gasteiger partial charge in [-0.1, -0.05) is 19.0 Å². The van der Waals surface area contributed by atoms with Crippen molar-refractivity contribution in [2.75, 3.05) is 0 Å².